The van der Waals surface area contributed by atoms with Crippen molar-refractivity contribution in [1.82, 2.24) is 9.97 Å². The van der Waals surface area contributed by atoms with Crippen molar-refractivity contribution in [1.29, 1.82) is 0 Å². The third kappa shape index (κ3) is 4.29. The lowest BCUT2D eigenvalue weighted by atomic mass is 9.65. The van der Waals surface area contributed by atoms with Gasteiger partial charge in [-0.1, -0.05) is 109 Å². The molecule has 1 aliphatic heterocycles. The molecule has 7 aromatic rings. The smallest absolute Gasteiger partial charge is 0.187 e. The molecule has 2 heterocycles. The predicted octanol–water partition coefficient (Wildman–Crippen LogP) is 11.4. The average molecular weight is 630 g/mol. The zero-order chi connectivity index (χ0) is 33.3. The van der Waals surface area contributed by atoms with E-state index in [1.807, 2.05) is 50.2 Å². The average Bonchev–Trinajstić information content (AvgIpc) is 3.42. The Bertz CT molecular complexity index is 2460. The number of fused-ring (bicyclic) bond motifs is 9. The van der Waals surface area contributed by atoms with Crippen LogP contribution in [0.1, 0.15) is 39.3 Å². The molecule has 4 nitrogen and oxygen atoms in total. The van der Waals surface area contributed by atoms with Gasteiger partial charge in [-0.25, -0.2) is 14.8 Å². The van der Waals surface area contributed by atoms with Crippen LogP contribution in [0.2, 0.25) is 0 Å². The Labute approximate surface area is 286 Å². The van der Waals surface area contributed by atoms with Gasteiger partial charge in [0.1, 0.15) is 17.3 Å². The third-order valence-electron chi connectivity index (χ3n) is 10.3. The van der Waals surface area contributed by atoms with Crippen molar-refractivity contribution in [3.05, 3.63) is 184 Å². The van der Waals surface area contributed by atoms with Gasteiger partial charge in [-0.15, -0.1) is 0 Å². The SMILES string of the molecule is [C-]#[N+]c1ccc(-c2ccc3c(c2)C2(c4ccccc4Oc4ccccc42)c2cc(-c4ccc(-c5nc(C)nc(C)c5C)cc4)ccc2-3)cc1. The summed E-state index contributed by atoms with van der Waals surface area (Å²) in [6.45, 7) is 13.5. The Hall–Kier alpha value is -6.31. The Morgan fingerprint density at radius 2 is 1.02 bits per heavy atom. The molecule has 4 heteroatoms. The maximum Gasteiger partial charge on any atom is 0.187 e. The molecule has 0 atom stereocenters. The van der Waals surface area contributed by atoms with E-state index in [1.165, 1.54) is 22.3 Å². The molecule has 0 radical (unpaired) electrons. The van der Waals surface area contributed by atoms with Gasteiger partial charge in [-0.05, 0) is 95.1 Å². The van der Waals surface area contributed by atoms with Crippen molar-refractivity contribution in [3.63, 3.8) is 0 Å². The first kappa shape index (κ1) is 28.9. The lowest BCUT2D eigenvalue weighted by Crippen LogP contribution is -2.32. The number of rotatable bonds is 3. The Morgan fingerprint density at radius 1 is 0.531 bits per heavy atom. The van der Waals surface area contributed by atoms with Gasteiger partial charge in [0.2, 0.25) is 0 Å². The van der Waals surface area contributed by atoms with Crippen molar-refractivity contribution in [2.24, 2.45) is 0 Å². The molecule has 0 unspecified atom stereocenters. The van der Waals surface area contributed by atoms with E-state index in [0.717, 1.165) is 73.2 Å². The number of hydrogen-bond donors (Lipinski definition) is 0. The summed E-state index contributed by atoms with van der Waals surface area (Å²) in [6, 6.07) is 47.3. The monoisotopic (exact) mass is 629 g/mol. The normalized spacial score (nSPS) is 13.1. The number of hydrogen-bond acceptors (Lipinski definition) is 3. The fraction of sp³-hybridized carbons (Fsp3) is 0.0889. The van der Waals surface area contributed by atoms with Gasteiger partial charge in [0.15, 0.2) is 5.69 Å². The van der Waals surface area contributed by atoms with Gasteiger partial charge in [0, 0.05) is 22.4 Å². The molecule has 1 aliphatic carbocycles. The molecule has 6 aromatic carbocycles. The first-order valence-corrected chi connectivity index (χ1v) is 16.5. The zero-order valence-electron chi connectivity index (χ0n) is 27.5. The lowest BCUT2D eigenvalue weighted by Gasteiger charge is -2.39. The van der Waals surface area contributed by atoms with Crippen LogP contribution in [0.5, 0.6) is 11.5 Å². The molecule has 9 rings (SSSR count). The van der Waals surface area contributed by atoms with Crippen LogP contribution in [-0.4, -0.2) is 9.97 Å². The Morgan fingerprint density at radius 3 is 1.57 bits per heavy atom. The molecule has 0 amide bonds. The van der Waals surface area contributed by atoms with Gasteiger partial charge in [0.25, 0.3) is 0 Å². The molecular formula is C45H31N3O. The molecule has 232 valence electrons. The van der Waals surface area contributed by atoms with E-state index >= 15 is 0 Å². The molecule has 0 saturated carbocycles. The quantitative estimate of drug-likeness (QED) is 0.183. The van der Waals surface area contributed by atoms with E-state index < -0.39 is 5.41 Å². The Kier molecular flexibility index (Phi) is 6.41. The Balaban J connectivity index is 1.26. The summed E-state index contributed by atoms with van der Waals surface area (Å²) in [5.74, 6) is 2.52. The van der Waals surface area contributed by atoms with E-state index in [4.69, 9.17) is 16.3 Å². The second kappa shape index (κ2) is 10.9. The van der Waals surface area contributed by atoms with Crippen molar-refractivity contribution in [2.75, 3.05) is 0 Å². The number of aryl methyl sites for hydroxylation is 2. The van der Waals surface area contributed by atoms with Crippen LogP contribution >= 0.6 is 0 Å². The lowest BCUT2D eigenvalue weighted by molar-refractivity contribution is 0.436. The summed E-state index contributed by atoms with van der Waals surface area (Å²) in [5, 5.41) is 0. The number of benzene rings is 6. The maximum absolute atomic E-state index is 7.42. The summed E-state index contributed by atoms with van der Waals surface area (Å²) in [7, 11) is 0. The summed E-state index contributed by atoms with van der Waals surface area (Å²) in [5.41, 5.74) is 15.9. The molecule has 1 spiro atoms. The van der Waals surface area contributed by atoms with Crippen molar-refractivity contribution < 1.29 is 4.74 Å². The van der Waals surface area contributed by atoms with Crippen LogP contribution in [0.15, 0.2) is 133 Å². The molecule has 1 aromatic heterocycles. The van der Waals surface area contributed by atoms with Crippen LogP contribution in [-0.2, 0) is 5.41 Å². The first-order valence-electron chi connectivity index (χ1n) is 16.5. The van der Waals surface area contributed by atoms with Gasteiger partial charge in [0.05, 0.1) is 17.7 Å². The largest absolute Gasteiger partial charge is 0.457 e. The van der Waals surface area contributed by atoms with Gasteiger partial charge < -0.3 is 4.74 Å². The van der Waals surface area contributed by atoms with Crippen molar-refractivity contribution in [2.45, 2.75) is 26.2 Å². The van der Waals surface area contributed by atoms with E-state index in [-0.39, 0.29) is 0 Å². The van der Waals surface area contributed by atoms with Crippen molar-refractivity contribution in [3.8, 4) is 56.1 Å². The van der Waals surface area contributed by atoms with E-state index in [9.17, 15) is 0 Å². The highest BCUT2D eigenvalue weighted by atomic mass is 16.5. The molecule has 0 bridgehead atoms. The predicted molar refractivity (Wildman–Crippen MR) is 196 cm³/mol. The molecular weight excluding hydrogens is 599 g/mol. The highest BCUT2D eigenvalue weighted by Crippen LogP contribution is 2.62. The fourth-order valence-electron chi connectivity index (χ4n) is 7.86. The zero-order valence-corrected chi connectivity index (χ0v) is 27.5. The summed E-state index contributed by atoms with van der Waals surface area (Å²) in [6.07, 6.45) is 0. The number of ether oxygens (including phenoxy) is 1. The molecule has 0 fully saturated rings. The van der Waals surface area contributed by atoms with Crippen LogP contribution in [0.3, 0.4) is 0 Å². The summed E-state index contributed by atoms with van der Waals surface area (Å²) in [4.78, 5) is 12.9. The van der Waals surface area contributed by atoms with E-state index in [1.54, 1.807) is 0 Å². The number of para-hydroxylation sites is 2. The highest BCUT2D eigenvalue weighted by molar-refractivity contribution is 5.92. The third-order valence-corrected chi connectivity index (χ3v) is 10.3. The van der Waals surface area contributed by atoms with E-state index in [2.05, 4.69) is 114 Å². The standard InChI is InChI=1S/C45H31N3O/c1-27-28(2)47-29(3)48-44(27)32-15-13-30(14-16-32)33-19-23-36-37-24-20-34(31-17-21-35(46-4)22-18-31)26-41(37)45(40(36)25-33)38-9-5-7-11-42(38)49-43-12-8-6-10-39(43)45/h5-26H,1-3H3. The second-order valence-corrected chi connectivity index (χ2v) is 12.9. The minimum Gasteiger partial charge on any atom is -0.457 e. The first-order chi connectivity index (χ1) is 23.9. The van der Waals surface area contributed by atoms with E-state index in [0.29, 0.717) is 5.69 Å². The minimum atomic E-state index is -0.592. The van der Waals surface area contributed by atoms with Crippen molar-refractivity contribution >= 4 is 5.69 Å². The summed E-state index contributed by atoms with van der Waals surface area (Å²) >= 11 is 0. The van der Waals surface area contributed by atoms with Crippen LogP contribution in [0.4, 0.5) is 5.69 Å². The van der Waals surface area contributed by atoms with Gasteiger partial charge in [-0.2, -0.15) is 0 Å². The van der Waals surface area contributed by atoms with Crippen LogP contribution in [0, 0.1) is 27.3 Å². The van der Waals surface area contributed by atoms with Crippen LogP contribution in [0.25, 0.3) is 49.5 Å². The molecule has 49 heavy (non-hydrogen) atoms. The van der Waals surface area contributed by atoms with Gasteiger partial charge in [-0.3, -0.25) is 0 Å². The second-order valence-electron chi connectivity index (χ2n) is 12.9. The number of aromatic nitrogens is 2. The maximum atomic E-state index is 7.42. The van der Waals surface area contributed by atoms with Crippen LogP contribution < -0.4 is 4.74 Å². The molecule has 0 saturated heterocycles. The molecule has 0 N–H and O–H groups in total. The summed E-state index contributed by atoms with van der Waals surface area (Å²) < 4.78 is 6.59. The highest BCUT2D eigenvalue weighted by Gasteiger charge is 2.51. The topological polar surface area (TPSA) is 39.4 Å². The van der Waals surface area contributed by atoms with Gasteiger partial charge >= 0.3 is 0 Å². The molecule has 2 aliphatic rings. The fourth-order valence-corrected chi connectivity index (χ4v) is 7.86. The minimum absolute atomic E-state index is 0.592. The number of nitrogens with zero attached hydrogens (tertiary/aromatic N) is 3.